The summed E-state index contributed by atoms with van der Waals surface area (Å²) >= 11 is 0. The number of nitriles is 1. The molecule has 1 fully saturated rings. The van der Waals surface area contributed by atoms with Crippen molar-refractivity contribution in [3.8, 4) is 6.07 Å². The number of rotatable bonds is 2. The number of morpholine rings is 1. The van der Waals surface area contributed by atoms with E-state index in [4.69, 9.17) is 4.74 Å². The van der Waals surface area contributed by atoms with Crippen LogP contribution >= 0.6 is 0 Å². The minimum atomic E-state index is -0.150. The van der Waals surface area contributed by atoms with Gasteiger partial charge in [-0.25, -0.2) is 0 Å². The molecule has 1 aliphatic heterocycles. The molecular formula is C14H18N2O. The Bertz CT molecular complexity index is 424. The highest BCUT2D eigenvalue weighted by Gasteiger charge is 2.26. The third-order valence-electron chi connectivity index (χ3n) is 3.24. The van der Waals surface area contributed by atoms with E-state index in [-0.39, 0.29) is 12.1 Å². The van der Waals surface area contributed by atoms with E-state index in [1.54, 1.807) is 0 Å². The molecular weight excluding hydrogens is 212 g/mol. The average Bonchev–Trinajstić information content (AvgIpc) is 2.33. The van der Waals surface area contributed by atoms with Crippen molar-refractivity contribution in [1.29, 1.82) is 5.26 Å². The largest absolute Gasteiger partial charge is 0.376 e. The second kappa shape index (κ2) is 5.31. The van der Waals surface area contributed by atoms with Crippen LogP contribution in [0.5, 0.6) is 0 Å². The Morgan fingerprint density at radius 3 is 2.88 bits per heavy atom. The van der Waals surface area contributed by atoms with Crippen LogP contribution in [0.25, 0.3) is 0 Å². The first-order valence-electron chi connectivity index (χ1n) is 6.03. The molecule has 2 rings (SSSR count). The third kappa shape index (κ3) is 2.66. The predicted molar refractivity (Wildman–Crippen MR) is 66.5 cm³/mol. The normalized spacial score (nSPS) is 23.0. The molecule has 0 amide bonds. The second-order valence-corrected chi connectivity index (χ2v) is 4.56. The monoisotopic (exact) mass is 230 g/mol. The fourth-order valence-electron chi connectivity index (χ4n) is 2.32. The zero-order valence-electron chi connectivity index (χ0n) is 10.4. The van der Waals surface area contributed by atoms with E-state index in [1.165, 1.54) is 5.56 Å². The summed E-state index contributed by atoms with van der Waals surface area (Å²) in [6.07, 6.45) is 0.212. The number of ether oxygens (including phenoxy) is 1. The Kier molecular flexibility index (Phi) is 3.78. The van der Waals surface area contributed by atoms with Crippen molar-refractivity contribution in [2.75, 3.05) is 19.7 Å². The predicted octanol–water partition coefficient (Wildman–Crippen LogP) is 2.28. The number of hydrogen-bond acceptors (Lipinski definition) is 3. The first-order chi connectivity index (χ1) is 8.22. The van der Waals surface area contributed by atoms with Crippen molar-refractivity contribution in [1.82, 2.24) is 4.90 Å². The van der Waals surface area contributed by atoms with Crippen molar-refractivity contribution in [2.24, 2.45) is 0 Å². The zero-order valence-corrected chi connectivity index (χ0v) is 10.4. The van der Waals surface area contributed by atoms with E-state index in [0.29, 0.717) is 6.61 Å². The van der Waals surface area contributed by atoms with Gasteiger partial charge in [-0.1, -0.05) is 24.3 Å². The molecule has 90 valence electrons. The molecule has 0 aliphatic carbocycles. The molecule has 3 heteroatoms. The lowest BCUT2D eigenvalue weighted by molar-refractivity contribution is -0.0269. The van der Waals surface area contributed by atoms with Gasteiger partial charge in [0.1, 0.15) is 6.04 Å². The van der Waals surface area contributed by atoms with Crippen molar-refractivity contribution >= 4 is 0 Å². The Labute approximate surface area is 103 Å². The van der Waals surface area contributed by atoms with Crippen molar-refractivity contribution in [3.63, 3.8) is 0 Å². The molecule has 0 bridgehead atoms. The van der Waals surface area contributed by atoms with Crippen LogP contribution in [0.15, 0.2) is 24.3 Å². The Morgan fingerprint density at radius 1 is 1.47 bits per heavy atom. The van der Waals surface area contributed by atoms with Gasteiger partial charge in [-0.15, -0.1) is 0 Å². The molecule has 1 aliphatic rings. The van der Waals surface area contributed by atoms with E-state index in [0.717, 1.165) is 18.7 Å². The molecule has 1 aromatic carbocycles. The fourth-order valence-corrected chi connectivity index (χ4v) is 2.32. The van der Waals surface area contributed by atoms with Crippen LogP contribution in [-0.4, -0.2) is 30.7 Å². The first-order valence-corrected chi connectivity index (χ1v) is 6.03. The van der Waals surface area contributed by atoms with E-state index in [1.807, 2.05) is 18.2 Å². The molecule has 1 heterocycles. The Morgan fingerprint density at radius 2 is 2.24 bits per heavy atom. The van der Waals surface area contributed by atoms with Gasteiger partial charge in [0.05, 0.1) is 18.8 Å². The molecule has 0 aromatic heterocycles. The molecule has 17 heavy (non-hydrogen) atoms. The lowest BCUT2D eigenvalue weighted by atomic mass is 10.0. The summed E-state index contributed by atoms with van der Waals surface area (Å²) in [6, 6.07) is 10.4. The second-order valence-electron chi connectivity index (χ2n) is 4.56. The smallest absolute Gasteiger partial charge is 0.124 e. The lowest BCUT2D eigenvalue weighted by Gasteiger charge is -2.34. The van der Waals surface area contributed by atoms with Gasteiger partial charge >= 0.3 is 0 Å². The van der Waals surface area contributed by atoms with Crippen LogP contribution in [0.1, 0.15) is 24.1 Å². The molecule has 0 unspecified atom stereocenters. The van der Waals surface area contributed by atoms with Crippen molar-refractivity contribution < 1.29 is 4.74 Å². The third-order valence-corrected chi connectivity index (χ3v) is 3.24. The number of nitrogens with zero attached hydrogens (tertiary/aromatic N) is 2. The minimum Gasteiger partial charge on any atom is -0.376 e. The van der Waals surface area contributed by atoms with Crippen molar-refractivity contribution in [3.05, 3.63) is 35.4 Å². The van der Waals surface area contributed by atoms with Gasteiger partial charge in [0.15, 0.2) is 0 Å². The average molecular weight is 230 g/mol. The molecule has 1 aromatic rings. The zero-order chi connectivity index (χ0) is 12.3. The first kappa shape index (κ1) is 12.1. The number of aryl methyl sites for hydroxylation is 1. The van der Waals surface area contributed by atoms with Gasteiger partial charge < -0.3 is 4.74 Å². The molecule has 0 N–H and O–H groups in total. The summed E-state index contributed by atoms with van der Waals surface area (Å²) in [7, 11) is 0. The van der Waals surface area contributed by atoms with Gasteiger partial charge in [0.2, 0.25) is 0 Å². The van der Waals surface area contributed by atoms with Crippen LogP contribution in [0, 0.1) is 18.3 Å². The summed E-state index contributed by atoms with van der Waals surface area (Å²) in [4.78, 5) is 2.20. The summed E-state index contributed by atoms with van der Waals surface area (Å²) in [6.45, 7) is 6.48. The summed E-state index contributed by atoms with van der Waals surface area (Å²) in [5.74, 6) is 0. The summed E-state index contributed by atoms with van der Waals surface area (Å²) < 4.78 is 5.52. The number of benzene rings is 1. The van der Waals surface area contributed by atoms with Gasteiger partial charge in [-0.05, 0) is 25.0 Å². The molecule has 0 spiro atoms. The van der Waals surface area contributed by atoms with E-state index in [2.05, 4.69) is 30.9 Å². The quantitative estimate of drug-likeness (QED) is 0.782. The molecule has 0 saturated carbocycles. The Hall–Kier alpha value is -1.37. The Balaban J connectivity index is 2.22. The molecule has 1 saturated heterocycles. The maximum Gasteiger partial charge on any atom is 0.124 e. The van der Waals surface area contributed by atoms with E-state index >= 15 is 0 Å². The highest BCUT2D eigenvalue weighted by molar-refractivity contribution is 5.32. The van der Waals surface area contributed by atoms with Gasteiger partial charge in [-0.2, -0.15) is 5.26 Å². The lowest BCUT2D eigenvalue weighted by Crippen LogP contribution is -2.42. The maximum atomic E-state index is 9.41. The summed E-state index contributed by atoms with van der Waals surface area (Å²) in [5, 5.41) is 9.41. The molecule has 2 atom stereocenters. The topological polar surface area (TPSA) is 36.3 Å². The standard InChI is InChI=1S/C14H18N2O/c1-11-5-3-4-6-13(11)14(9-15)16-7-8-17-12(2)10-16/h3-6,12,14H,7-8,10H2,1-2H3/t12-,14-/m1/s1. The molecule has 0 radical (unpaired) electrons. The van der Waals surface area contributed by atoms with E-state index < -0.39 is 0 Å². The van der Waals surface area contributed by atoms with E-state index in [9.17, 15) is 5.26 Å². The minimum absolute atomic E-state index is 0.150. The number of hydrogen-bond donors (Lipinski definition) is 0. The van der Waals surface area contributed by atoms with Gasteiger partial charge in [0.25, 0.3) is 0 Å². The maximum absolute atomic E-state index is 9.41. The van der Waals surface area contributed by atoms with Crippen LogP contribution in [0.2, 0.25) is 0 Å². The van der Waals surface area contributed by atoms with Crippen LogP contribution in [0.3, 0.4) is 0 Å². The highest BCUT2D eigenvalue weighted by Crippen LogP contribution is 2.24. The summed E-state index contributed by atoms with van der Waals surface area (Å²) in [5.41, 5.74) is 2.29. The van der Waals surface area contributed by atoms with Crippen molar-refractivity contribution in [2.45, 2.75) is 26.0 Å². The SMILES string of the molecule is Cc1ccccc1[C@@H](C#N)N1CCO[C@H](C)C1. The van der Waals surface area contributed by atoms with Gasteiger partial charge in [0, 0.05) is 13.1 Å². The fraction of sp³-hybridized carbons (Fsp3) is 0.500. The molecule has 3 nitrogen and oxygen atoms in total. The van der Waals surface area contributed by atoms with Crippen LogP contribution in [-0.2, 0) is 4.74 Å². The highest BCUT2D eigenvalue weighted by atomic mass is 16.5. The van der Waals surface area contributed by atoms with Gasteiger partial charge in [-0.3, -0.25) is 4.90 Å². The van der Waals surface area contributed by atoms with Crippen LogP contribution < -0.4 is 0 Å². The van der Waals surface area contributed by atoms with Crippen LogP contribution in [0.4, 0.5) is 0 Å².